The van der Waals surface area contributed by atoms with Crippen LogP contribution in [0.25, 0.3) is 0 Å². The van der Waals surface area contributed by atoms with Crippen molar-refractivity contribution >= 4 is 17.5 Å². The first-order chi connectivity index (χ1) is 13.6. The van der Waals surface area contributed by atoms with Gasteiger partial charge in [0.1, 0.15) is 5.69 Å². The highest BCUT2D eigenvalue weighted by molar-refractivity contribution is 5.92. The lowest BCUT2D eigenvalue weighted by Gasteiger charge is -2.37. The van der Waals surface area contributed by atoms with Crippen molar-refractivity contribution in [1.82, 2.24) is 14.9 Å². The highest BCUT2D eigenvalue weighted by Gasteiger charge is 2.41. The fourth-order valence-corrected chi connectivity index (χ4v) is 3.77. The molecule has 4 rings (SSSR count). The van der Waals surface area contributed by atoms with Gasteiger partial charge in [-0.3, -0.25) is 4.79 Å². The van der Waals surface area contributed by atoms with Crippen molar-refractivity contribution in [3.63, 3.8) is 0 Å². The van der Waals surface area contributed by atoms with Gasteiger partial charge in [0.25, 0.3) is 5.91 Å². The molecule has 0 unspecified atom stereocenters. The molecule has 0 saturated carbocycles. The number of nitrogens with one attached hydrogen (secondary N) is 1. The predicted octanol–water partition coefficient (Wildman–Crippen LogP) is 3.32. The van der Waals surface area contributed by atoms with Crippen LogP contribution in [-0.4, -0.2) is 52.9 Å². The van der Waals surface area contributed by atoms with Crippen molar-refractivity contribution in [1.29, 1.82) is 0 Å². The molecule has 1 aromatic heterocycles. The highest BCUT2D eigenvalue weighted by Crippen LogP contribution is 2.31. The maximum atomic E-state index is 12.9. The molecule has 1 amide bonds. The second kappa shape index (κ2) is 7.85. The van der Waals surface area contributed by atoms with Gasteiger partial charge in [0.05, 0.1) is 13.2 Å². The number of hydrogen-bond donors (Lipinski definition) is 1. The van der Waals surface area contributed by atoms with E-state index in [0.717, 1.165) is 5.69 Å². The lowest BCUT2D eigenvalue weighted by atomic mass is 10.0. The van der Waals surface area contributed by atoms with Gasteiger partial charge in [-0.15, -0.1) is 0 Å². The van der Waals surface area contributed by atoms with Crippen LogP contribution >= 0.6 is 0 Å². The van der Waals surface area contributed by atoms with Crippen LogP contribution < -0.4 is 5.32 Å². The summed E-state index contributed by atoms with van der Waals surface area (Å²) < 4.78 is 11.5. The number of carbonyl (C=O) groups excluding carboxylic acids is 1. The number of piperidine rings is 1. The van der Waals surface area contributed by atoms with E-state index in [0.29, 0.717) is 56.7 Å². The number of rotatable bonds is 4. The second-order valence-corrected chi connectivity index (χ2v) is 7.53. The van der Waals surface area contributed by atoms with Crippen LogP contribution in [0.3, 0.4) is 0 Å². The lowest BCUT2D eigenvalue weighted by Crippen LogP contribution is -2.47. The number of anilines is 2. The van der Waals surface area contributed by atoms with Crippen LogP contribution in [0, 0.1) is 0 Å². The number of ether oxygens (including phenoxy) is 2. The largest absolute Gasteiger partial charge is 0.347 e. The van der Waals surface area contributed by atoms with E-state index in [1.165, 1.54) is 5.56 Å². The van der Waals surface area contributed by atoms with Crippen LogP contribution in [0.4, 0.5) is 11.6 Å². The SMILES string of the molecule is CC(C)c1ccccc1Nc1nccc(C(=O)N2CCC3(CC2)OCCO3)n1. The Bertz CT molecular complexity index is 839. The van der Waals surface area contributed by atoms with E-state index >= 15 is 0 Å². The quantitative estimate of drug-likeness (QED) is 0.874. The van der Waals surface area contributed by atoms with Crippen molar-refractivity contribution in [2.24, 2.45) is 0 Å². The number of likely N-dealkylation sites (tertiary alicyclic amines) is 1. The summed E-state index contributed by atoms with van der Waals surface area (Å²) in [7, 11) is 0. The Balaban J connectivity index is 1.46. The van der Waals surface area contributed by atoms with Gasteiger partial charge in [-0.25, -0.2) is 9.97 Å². The minimum atomic E-state index is -0.490. The van der Waals surface area contributed by atoms with Crippen molar-refractivity contribution in [2.75, 3.05) is 31.6 Å². The zero-order valence-electron chi connectivity index (χ0n) is 16.4. The molecule has 2 fully saturated rings. The highest BCUT2D eigenvalue weighted by atomic mass is 16.7. The first-order valence-electron chi connectivity index (χ1n) is 9.82. The Labute approximate surface area is 165 Å². The molecule has 0 radical (unpaired) electrons. The van der Waals surface area contributed by atoms with E-state index < -0.39 is 5.79 Å². The lowest BCUT2D eigenvalue weighted by molar-refractivity contribution is -0.181. The summed E-state index contributed by atoms with van der Waals surface area (Å²) in [6.07, 6.45) is 3.00. The molecule has 1 spiro atoms. The molecule has 2 aromatic rings. The first kappa shape index (κ1) is 18.8. The first-order valence-corrected chi connectivity index (χ1v) is 9.82. The summed E-state index contributed by atoms with van der Waals surface area (Å²) in [5.74, 6) is 0.218. The molecule has 148 valence electrons. The van der Waals surface area contributed by atoms with E-state index in [9.17, 15) is 4.79 Å². The van der Waals surface area contributed by atoms with Gasteiger partial charge in [-0.05, 0) is 23.6 Å². The molecular weight excluding hydrogens is 356 g/mol. The maximum absolute atomic E-state index is 12.9. The van der Waals surface area contributed by atoms with Gasteiger partial charge < -0.3 is 19.7 Å². The zero-order valence-corrected chi connectivity index (χ0v) is 16.4. The summed E-state index contributed by atoms with van der Waals surface area (Å²) in [6.45, 7) is 6.74. The fraction of sp³-hybridized carbons (Fsp3) is 0.476. The van der Waals surface area contributed by atoms with Gasteiger partial charge >= 0.3 is 0 Å². The molecule has 1 aromatic carbocycles. The number of para-hydroxylation sites is 1. The average Bonchev–Trinajstić information content (AvgIpc) is 3.16. The minimum absolute atomic E-state index is 0.0876. The molecule has 7 nitrogen and oxygen atoms in total. The molecule has 7 heteroatoms. The van der Waals surface area contributed by atoms with Gasteiger partial charge in [0, 0.05) is 37.8 Å². The molecule has 0 aliphatic carbocycles. The second-order valence-electron chi connectivity index (χ2n) is 7.53. The van der Waals surface area contributed by atoms with Crippen molar-refractivity contribution in [2.45, 2.75) is 38.4 Å². The van der Waals surface area contributed by atoms with E-state index in [-0.39, 0.29) is 5.91 Å². The smallest absolute Gasteiger partial charge is 0.272 e. The average molecular weight is 382 g/mol. The fourth-order valence-electron chi connectivity index (χ4n) is 3.77. The Morgan fingerprint density at radius 3 is 2.57 bits per heavy atom. The van der Waals surface area contributed by atoms with Crippen LogP contribution in [0.5, 0.6) is 0 Å². The summed E-state index contributed by atoms with van der Waals surface area (Å²) in [5.41, 5.74) is 2.53. The molecule has 2 saturated heterocycles. The number of benzene rings is 1. The number of nitrogens with zero attached hydrogens (tertiary/aromatic N) is 3. The normalized spacial score (nSPS) is 18.6. The zero-order chi connectivity index (χ0) is 19.6. The van der Waals surface area contributed by atoms with Gasteiger partial charge in [0.15, 0.2) is 5.79 Å². The Morgan fingerprint density at radius 2 is 1.86 bits per heavy atom. The third-order valence-electron chi connectivity index (χ3n) is 5.33. The van der Waals surface area contributed by atoms with E-state index in [1.807, 2.05) is 23.1 Å². The Hall–Kier alpha value is -2.51. The van der Waals surface area contributed by atoms with Gasteiger partial charge in [0.2, 0.25) is 5.95 Å². The molecule has 0 atom stereocenters. The third-order valence-corrected chi connectivity index (χ3v) is 5.33. The van der Waals surface area contributed by atoms with Crippen LogP contribution in [0.2, 0.25) is 0 Å². The van der Waals surface area contributed by atoms with E-state index in [1.54, 1.807) is 12.3 Å². The Kier molecular flexibility index (Phi) is 5.28. The van der Waals surface area contributed by atoms with Crippen LogP contribution in [0.15, 0.2) is 36.5 Å². The molecule has 3 heterocycles. The van der Waals surface area contributed by atoms with Crippen LogP contribution in [0.1, 0.15) is 48.7 Å². The predicted molar refractivity (Wildman–Crippen MR) is 106 cm³/mol. The summed E-state index contributed by atoms with van der Waals surface area (Å²) in [4.78, 5) is 23.5. The topological polar surface area (TPSA) is 76.6 Å². The van der Waals surface area contributed by atoms with Gasteiger partial charge in [-0.1, -0.05) is 32.0 Å². The van der Waals surface area contributed by atoms with Crippen molar-refractivity contribution in [3.05, 3.63) is 47.8 Å². The molecule has 2 aliphatic heterocycles. The third kappa shape index (κ3) is 3.86. The minimum Gasteiger partial charge on any atom is -0.347 e. The van der Waals surface area contributed by atoms with Gasteiger partial charge in [-0.2, -0.15) is 0 Å². The summed E-state index contributed by atoms with van der Waals surface area (Å²) in [6, 6.07) is 9.73. The van der Waals surface area contributed by atoms with Crippen molar-refractivity contribution in [3.8, 4) is 0 Å². The molecule has 2 aliphatic rings. The molecule has 28 heavy (non-hydrogen) atoms. The Morgan fingerprint density at radius 1 is 1.14 bits per heavy atom. The van der Waals surface area contributed by atoms with E-state index in [2.05, 4.69) is 35.2 Å². The molecule has 0 bridgehead atoms. The monoisotopic (exact) mass is 382 g/mol. The van der Waals surface area contributed by atoms with Crippen LogP contribution in [-0.2, 0) is 9.47 Å². The molecular formula is C21H26N4O3. The number of aromatic nitrogens is 2. The van der Waals surface area contributed by atoms with E-state index in [4.69, 9.17) is 9.47 Å². The maximum Gasteiger partial charge on any atom is 0.272 e. The van der Waals surface area contributed by atoms with Crippen molar-refractivity contribution < 1.29 is 14.3 Å². The number of amides is 1. The molecule has 1 N–H and O–H groups in total. The summed E-state index contributed by atoms with van der Waals surface area (Å²) >= 11 is 0. The number of hydrogen-bond acceptors (Lipinski definition) is 6. The summed E-state index contributed by atoms with van der Waals surface area (Å²) in [5, 5.41) is 3.26. The standard InChI is InChI=1S/C21H26N4O3/c1-15(2)16-5-3-4-6-17(16)23-20-22-10-7-18(24-20)19(26)25-11-8-21(9-12-25)27-13-14-28-21/h3-7,10,15H,8-9,11-14H2,1-2H3,(H,22,23,24). The number of carbonyl (C=O) groups is 1.